The average molecular weight is 423 g/mol. The van der Waals surface area contributed by atoms with Gasteiger partial charge >= 0.3 is 0 Å². The summed E-state index contributed by atoms with van der Waals surface area (Å²) in [6.45, 7) is 1.70. The van der Waals surface area contributed by atoms with Crippen molar-refractivity contribution in [3.63, 3.8) is 0 Å². The molecule has 0 fully saturated rings. The third kappa shape index (κ3) is 3.92. The van der Waals surface area contributed by atoms with Gasteiger partial charge in [-0.1, -0.05) is 48.5 Å². The third-order valence-corrected chi connectivity index (χ3v) is 6.64. The van der Waals surface area contributed by atoms with Crippen LogP contribution in [0.5, 0.6) is 0 Å². The molecule has 1 amide bonds. The number of nitrogens with zero attached hydrogens (tertiary/aromatic N) is 1. The Labute approximate surface area is 173 Å². The molecule has 29 heavy (non-hydrogen) atoms. The number of sulfone groups is 1. The van der Waals surface area contributed by atoms with Gasteiger partial charge in [0.05, 0.1) is 10.6 Å². The van der Waals surface area contributed by atoms with Crippen LogP contribution in [-0.4, -0.2) is 25.6 Å². The average Bonchev–Trinajstić information content (AvgIpc) is 3.15. The van der Waals surface area contributed by atoms with E-state index in [2.05, 4.69) is 10.3 Å². The number of thiazole rings is 1. The Hall–Kier alpha value is -3.03. The fourth-order valence-electron chi connectivity index (χ4n) is 3.21. The van der Waals surface area contributed by atoms with E-state index in [4.69, 9.17) is 0 Å². The van der Waals surface area contributed by atoms with E-state index in [1.165, 1.54) is 17.4 Å². The molecule has 0 bridgehead atoms. The molecule has 0 radical (unpaired) electrons. The lowest BCUT2D eigenvalue weighted by Gasteiger charge is -2.07. The maximum atomic E-state index is 12.6. The van der Waals surface area contributed by atoms with Gasteiger partial charge in [0.15, 0.2) is 15.0 Å². The standard InChI is InChI=1S/C22H18N2O3S2/c1-14-10-11-16(12-20(14)29(2,26)27)21(25)24-22-23-19(13-28-22)18-9-5-7-15-6-3-4-8-17(15)18/h3-13H,1-2H3,(H,23,24,25). The van der Waals surface area contributed by atoms with Gasteiger partial charge in [-0.15, -0.1) is 11.3 Å². The number of benzene rings is 3. The minimum absolute atomic E-state index is 0.153. The monoisotopic (exact) mass is 422 g/mol. The second-order valence-corrected chi connectivity index (χ2v) is 9.61. The number of amides is 1. The quantitative estimate of drug-likeness (QED) is 0.506. The highest BCUT2D eigenvalue weighted by Crippen LogP contribution is 2.31. The van der Waals surface area contributed by atoms with E-state index in [0.29, 0.717) is 10.7 Å². The highest BCUT2D eigenvalue weighted by molar-refractivity contribution is 7.90. The Balaban J connectivity index is 1.62. The highest BCUT2D eigenvalue weighted by atomic mass is 32.2. The van der Waals surface area contributed by atoms with Crippen molar-refractivity contribution < 1.29 is 13.2 Å². The van der Waals surface area contributed by atoms with Gasteiger partial charge in [0.1, 0.15) is 0 Å². The molecule has 1 aromatic heterocycles. The molecule has 1 heterocycles. The number of hydrogen-bond acceptors (Lipinski definition) is 5. The lowest BCUT2D eigenvalue weighted by molar-refractivity contribution is 0.102. The van der Waals surface area contributed by atoms with Crippen LogP contribution in [0.2, 0.25) is 0 Å². The smallest absolute Gasteiger partial charge is 0.257 e. The van der Waals surface area contributed by atoms with Crippen molar-refractivity contribution in [1.29, 1.82) is 0 Å². The number of carbonyl (C=O) groups excluding carboxylic acids is 1. The van der Waals surface area contributed by atoms with Crippen molar-refractivity contribution in [1.82, 2.24) is 4.98 Å². The Morgan fingerprint density at radius 3 is 2.59 bits per heavy atom. The van der Waals surface area contributed by atoms with Crippen LogP contribution < -0.4 is 5.32 Å². The predicted octanol–water partition coefficient (Wildman–Crippen LogP) is 4.93. The molecule has 4 aromatic rings. The lowest BCUT2D eigenvalue weighted by atomic mass is 10.0. The number of rotatable bonds is 4. The van der Waals surface area contributed by atoms with Gasteiger partial charge in [-0.05, 0) is 35.4 Å². The van der Waals surface area contributed by atoms with E-state index in [1.54, 1.807) is 19.1 Å². The minimum atomic E-state index is -3.41. The summed E-state index contributed by atoms with van der Waals surface area (Å²) < 4.78 is 23.8. The maximum absolute atomic E-state index is 12.6. The molecule has 0 aliphatic rings. The highest BCUT2D eigenvalue weighted by Gasteiger charge is 2.16. The van der Waals surface area contributed by atoms with Crippen LogP contribution in [0.3, 0.4) is 0 Å². The van der Waals surface area contributed by atoms with Gasteiger partial charge in [0, 0.05) is 22.8 Å². The first kappa shape index (κ1) is 19.3. The topological polar surface area (TPSA) is 76.1 Å². The molecule has 4 rings (SSSR count). The Morgan fingerprint density at radius 2 is 1.79 bits per heavy atom. The number of nitrogens with one attached hydrogen (secondary N) is 1. The molecule has 5 nitrogen and oxygen atoms in total. The van der Waals surface area contributed by atoms with E-state index in [9.17, 15) is 13.2 Å². The SMILES string of the molecule is Cc1ccc(C(=O)Nc2nc(-c3cccc4ccccc34)cs2)cc1S(C)(=O)=O. The molecule has 0 unspecified atom stereocenters. The molecule has 0 saturated heterocycles. The Kier molecular flexibility index (Phi) is 4.94. The first-order chi connectivity index (χ1) is 13.8. The molecule has 0 spiro atoms. The molecule has 3 aromatic carbocycles. The van der Waals surface area contributed by atoms with Gasteiger partial charge in [-0.2, -0.15) is 0 Å². The van der Waals surface area contributed by atoms with Gasteiger partial charge in [0.2, 0.25) is 0 Å². The van der Waals surface area contributed by atoms with Gasteiger partial charge in [-0.3, -0.25) is 10.1 Å². The van der Waals surface area contributed by atoms with Crippen LogP contribution in [0.1, 0.15) is 15.9 Å². The zero-order chi connectivity index (χ0) is 20.6. The number of anilines is 1. The molecular formula is C22H18N2O3S2. The van der Waals surface area contributed by atoms with Crippen molar-refractivity contribution in [3.05, 3.63) is 77.2 Å². The van der Waals surface area contributed by atoms with E-state index in [1.807, 2.05) is 47.8 Å². The molecule has 1 N–H and O–H groups in total. The number of carbonyl (C=O) groups is 1. The number of aromatic nitrogens is 1. The van der Waals surface area contributed by atoms with E-state index in [0.717, 1.165) is 28.3 Å². The van der Waals surface area contributed by atoms with Crippen LogP contribution >= 0.6 is 11.3 Å². The lowest BCUT2D eigenvalue weighted by Crippen LogP contribution is -2.13. The normalized spacial score (nSPS) is 11.5. The van der Waals surface area contributed by atoms with Crippen LogP contribution in [0.15, 0.2) is 70.9 Å². The number of hydrogen-bond donors (Lipinski definition) is 1. The zero-order valence-electron chi connectivity index (χ0n) is 15.8. The minimum Gasteiger partial charge on any atom is -0.298 e. The second-order valence-electron chi connectivity index (χ2n) is 6.77. The first-order valence-electron chi connectivity index (χ1n) is 8.88. The van der Waals surface area contributed by atoms with Gasteiger partial charge in [0.25, 0.3) is 5.91 Å². The Bertz CT molecular complexity index is 1340. The number of fused-ring (bicyclic) bond motifs is 1. The van der Waals surface area contributed by atoms with E-state index < -0.39 is 15.7 Å². The first-order valence-corrected chi connectivity index (χ1v) is 11.7. The van der Waals surface area contributed by atoms with Crippen LogP contribution in [0, 0.1) is 6.92 Å². The van der Waals surface area contributed by atoms with Gasteiger partial charge < -0.3 is 0 Å². The van der Waals surface area contributed by atoms with Gasteiger partial charge in [-0.25, -0.2) is 13.4 Å². The molecule has 0 saturated carbocycles. The largest absolute Gasteiger partial charge is 0.298 e. The summed E-state index contributed by atoms with van der Waals surface area (Å²) in [4.78, 5) is 17.3. The van der Waals surface area contributed by atoms with Crippen LogP contribution in [-0.2, 0) is 9.84 Å². The van der Waals surface area contributed by atoms with Crippen molar-refractivity contribution >= 4 is 43.0 Å². The molecule has 0 aliphatic heterocycles. The second kappa shape index (κ2) is 7.42. The summed E-state index contributed by atoms with van der Waals surface area (Å²) in [5, 5.41) is 7.34. The fourth-order valence-corrected chi connectivity index (χ4v) is 4.91. The summed E-state index contributed by atoms with van der Waals surface area (Å²) in [6, 6.07) is 18.7. The zero-order valence-corrected chi connectivity index (χ0v) is 17.5. The van der Waals surface area contributed by atoms with Crippen molar-refractivity contribution in [3.8, 4) is 11.3 Å². The number of aryl methyl sites for hydroxylation is 1. The van der Waals surface area contributed by atoms with Crippen molar-refractivity contribution in [2.24, 2.45) is 0 Å². The summed E-state index contributed by atoms with van der Waals surface area (Å²) >= 11 is 1.33. The summed E-state index contributed by atoms with van der Waals surface area (Å²) in [5.74, 6) is -0.395. The fraction of sp³-hybridized carbons (Fsp3) is 0.0909. The predicted molar refractivity (Wildman–Crippen MR) is 117 cm³/mol. The molecule has 0 atom stereocenters. The van der Waals surface area contributed by atoms with Crippen molar-refractivity contribution in [2.45, 2.75) is 11.8 Å². The molecule has 146 valence electrons. The maximum Gasteiger partial charge on any atom is 0.257 e. The van der Waals surface area contributed by atoms with E-state index in [-0.39, 0.29) is 10.5 Å². The van der Waals surface area contributed by atoms with Crippen LogP contribution in [0.4, 0.5) is 5.13 Å². The van der Waals surface area contributed by atoms with Crippen molar-refractivity contribution in [2.75, 3.05) is 11.6 Å². The summed E-state index contributed by atoms with van der Waals surface area (Å²) in [5.41, 5.74) is 2.66. The third-order valence-electron chi connectivity index (χ3n) is 4.64. The van der Waals surface area contributed by atoms with E-state index >= 15 is 0 Å². The molecule has 0 aliphatic carbocycles. The Morgan fingerprint density at radius 1 is 1.03 bits per heavy atom. The summed E-state index contributed by atoms with van der Waals surface area (Å²) in [7, 11) is -3.41. The molecule has 7 heteroatoms. The summed E-state index contributed by atoms with van der Waals surface area (Å²) in [6.07, 6.45) is 1.13. The van der Waals surface area contributed by atoms with Crippen LogP contribution in [0.25, 0.3) is 22.0 Å². The molecular weight excluding hydrogens is 404 g/mol.